The molecule has 0 atom stereocenters. The molecule has 0 aliphatic carbocycles. The first-order chi connectivity index (χ1) is 14.1. The summed E-state index contributed by atoms with van der Waals surface area (Å²) in [6, 6.07) is 13.1. The van der Waals surface area contributed by atoms with Crippen LogP contribution in [0.1, 0.15) is 5.56 Å². The van der Waals surface area contributed by atoms with Gasteiger partial charge in [-0.05, 0) is 23.8 Å². The van der Waals surface area contributed by atoms with Gasteiger partial charge < -0.3 is 14.6 Å². The van der Waals surface area contributed by atoms with Crippen molar-refractivity contribution in [3.63, 3.8) is 0 Å². The highest BCUT2D eigenvalue weighted by Gasteiger charge is 2.19. The molecule has 0 unspecified atom stereocenters. The predicted octanol–water partition coefficient (Wildman–Crippen LogP) is 3.77. The van der Waals surface area contributed by atoms with Crippen LogP contribution in [-0.2, 0) is 11.3 Å². The maximum atomic E-state index is 13.6. The zero-order valence-corrected chi connectivity index (χ0v) is 15.7. The Hall–Kier alpha value is -3.52. The molecule has 29 heavy (non-hydrogen) atoms. The molecule has 0 saturated heterocycles. The fourth-order valence-corrected chi connectivity index (χ4v) is 2.93. The van der Waals surface area contributed by atoms with E-state index < -0.39 is 5.82 Å². The second-order valence-corrected chi connectivity index (χ2v) is 6.46. The summed E-state index contributed by atoms with van der Waals surface area (Å²) in [5.41, 5.74) is 1.77. The third-order valence-electron chi connectivity index (χ3n) is 4.11. The Balaban J connectivity index is 1.50. The van der Waals surface area contributed by atoms with E-state index in [-0.39, 0.29) is 30.7 Å². The average molecular weight is 413 g/mol. The van der Waals surface area contributed by atoms with Gasteiger partial charge in [-0.3, -0.25) is 4.79 Å². The maximum Gasteiger partial charge on any atom is 0.265 e. The van der Waals surface area contributed by atoms with E-state index in [0.717, 1.165) is 5.56 Å². The van der Waals surface area contributed by atoms with Gasteiger partial charge in [-0.1, -0.05) is 47.1 Å². The fraction of sp³-hybridized carbons (Fsp3) is 0.100. The smallest absolute Gasteiger partial charge is 0.265 e. The first-order valence-corrected chi connectivity index (χ1v) is 8.99. The molecule has 0 aliphatic heterocycles. The zero-order chi connectivity index (χ0) is 20.2. The Morgan fingerprint density at radius 3 is 2.86 bits per heavy atom. The van der Waals surface area contributed by atoms with Crippen LogP contribution < -0.4 is 10.1 Å². The van der Waals surface area contributed by atoms with E-state index >= 15 is 0 Å². The van der Waals surface area contributed by atoms with Crippen LogP contribution in [0.4, 0.5) is 4.39 Å². The number of halogens is 2. The summed E-state index contributed by atoms with van der Waals surface area (Å²) in [5.74, 6) is -0.666. The van der Waals surface area contributed by atoms with Crippen LogP contribution in [0.3, 0.4) is 0 Å². The summed E-state index contributed by atoms with van der Waals surface area (Å²) in [5, 5.41) is 7.59. The van der Waals surface area contributed by atoms with Gasteiger partial charge in [0.25, 0.3) is 11.6 Å². The van der Waals surface area contributed by atoms with Crippen molar-refractivity contribution in [2.24, 2.45) is 0 Å². The van der Waals surface area contributed by atoms with Crippen molar-refractivity contribution in [1.29, 1.82) is 0 Å². The molecule has 0 radical (unpaired) electrons. The summed E-state index contributed by atoms with van der Waals surface area (Å²) >= 11 is 6.08. The van der Waals surface area contributed by atoms with Gasteiger partial charge in [0.1, 0.15) is 23.2 Å². The minimum Gasteiger partial charge on any atom is -0.467 e. The van der Waals surface area contributed by atoms with Crippen molar-refractivity contribution in [3.8, 4) is 17.1 Å². The van der Waals surface area contributed by atoms with Crippen LogP contribution >= 0.6 is 11.6 Å². The van der Waals surface area contributed by atoms with Crippen LogP contribution in [0.15, 0.2) is 59.4 Å². The lowest BCUT2D eigenvalue weighted by atomic mass is 10.1. The number of amides is 1. The summed E-state index contributed by atoms with van der Waals surface area (Å²) in [6.45, 7) is -0.0206. The quantitative estimate of drug-likeness (QED) is 0.518. The second-order valence-electron chi connectivity index (χ2n) is 6.06. The lowest BCUT2D eigenvalue weighted by Gasteiger charge is -2.08. The number of hydrogen-bond donors (Lipinski definition) is 1. The molecular weight excluding hydrogens is 399 g/mol. The standard InChI is InChI=1S/C20H14ClFN4O3/c21-15-7-2-1-4-13(15)9-23-16(27)10-28-19-17-18(12-5-3-6-14(22)8-12)26-29-20(17)25-11-24-19/h1-8,11H,9-10H2,(H,23,27). The Kier molecular flexibility index (Phi) is 5.35. The van der Waals surface area contributed by atoms with Gasteiger partial charge in [-0.25, -0.2) is 9.37 Å². The van der Waals surface area contributed by atoms with E-state index in [1.807, 2.05) is 18.2 Å². The first-order valence-electron chi connectivity index (χ1n) is 8.61. The molecule has 2 heterocycles. The molecule has 4 rings (SSSR count). The van der Waals surface area contributed by atoms with Crippen molar-refractivity contribution in [2.45, 2.75) is 6.54 Å². The summed E-state index contributed by atoms with van der Waals surface area (Å²) in [4.78, 5) is 20.2. The number of fused-ring (bicyclic) bond motifs is 1. The molecule has 0 aliphatic rings. The first kappa shape index (κ1) is 18.8. The monoisotopic (exact) mass is 412 g/mol. The van der Waals surface area contributed by atoms with Gasteiger partial charge in [0.15, 0.2) is 6.61 Å². The third kappa shape index (κ3) is 4.17. The SMILES string of the molecule is O=C(COc1ncnc2onc(-c3cccc(F)c3)c12)NCc1ccccc1Cl. The van der Waals surface area contributed by atoms with Crippen LogP contribution in [0.2, 0.25) is 5.02 Å². The van der Waals surface area contributed by atoms with Gasteiger partial charge in [0, 0.05) is 17.1 Å². The molecule has 146 valence electrons. The van der Waals surface area contributed by atoms with Crippen molar-refractivity contribution < 1.29 is 18.4 Å². The summed E-state index contributed by atoms with van der Waals surface area (Å²) in [6.07, 6.45) is 1.24. The Labute approximate surface area is 169 Å². The summed E-state index contributed by atoms with van der Waals surface area (Å²) in [7, 11) is 0. The van der Waals surface area contributed by atoms with Crippen LogP contribution in [-0.4, -0.2) is 27.6 Å². The molecule has 1 N–H and O–H groups in total. The number of benzene rings is 2. The molecule has 4 aromatic rings. The molecule has 2 aromatic carbocycles. The van der Waals surface area contributed by atoms with E-state index in [1.165, 1.54) is 18.5 Å². The topological polar surface area (TPSA) is 90.1 Å². The molecule has 0 spiro atoms. The van der Waals surface area contributed by atoms with Gasteiger partial charge in [0.2, 0.25) is 5.88 Å². The number of aromatic nitrogens is 3. The van der Waals surface area contributed by atoms with Crippen molar-refractivity contribution in [3.05, 3.63) is 71.3 Å². The van der Waals surface area contributed by atoms with Gasteiger partial charge in [-0.15, -0.1) is 0 Å². The van der Waals surface area contributed by atoms with Crippen LogP contribution in [0.5, 0.6) is 5.88 Å². The van der Waals surface area contributed by atoms with Crippen molar-refractivity contribution >= 4 is 28.6 Å². The molecule has 1 amide bonds. The zero-order valence-electron chi connectivity index (χ0n) is 14.9. The molecule has 7 nitrogen and oxygen atoms in total. The Morgan fingerprint density at radius 1 is 1.17 bits per heavy atom. The third-order valence-corrected chi connectivity index (χ3v) is 4.48. The fourth-order valence-electron chi connectivity index (χ4n) is 2.72. The van der Waals surface area contributed by atoms with Gasteiger partial charge in [0.05, 0.1) is 0 Å². The van der Waals surface area contributed by atoms with Crippen LogP contribution in [0, 0.1) is 5.82 Å². The maximum absolute atomic E-state index is 13.6. The molecule has 2 aromatic heterocycles. The number of rotatable bonds is 6. The normalized spacial score (nSPS) is 10.8. The van der Waals surface area contributed by atoms with E-state index in [9.17, 15) is 9.18 Å². The highest BCUT2D eigenvalue weighted by atomic mass is 35.5. The number of ether oxygens (including phenoxy) is 1. The van der Waals surface area contributed by atoms with Crippen molar-refractivity contribution in [2.75, 3.05) is 6.61 Å². The average Bonchev–Trinajstić information content (AvgIpc) is 3.16. The largest absolute Gasteiger partial charge is 0.467 e. The molecular formula is C20H14ClFN4O3. The van der Waals surface area contributed by atoms with Gasteiger partial charge >= 0.3 is 0 Å². The number of hydrogen-bond acceptors (Lipinski definition) is 6. The molecule has 0 saturated carbocycles. The lowest BCUT2D eigenvalue weighted by Crippen LogP contribution is -2.28. The van der Waals surface area contributed by atoms with E-state index in [1.54, 1.807) is 18.2 Å². The predicted molar refractivity (Wildman–Crippen MR) is 104 cm³/mol. The highest BCUT2D eigenvalue weighted by molar-refractivity contribution is 6.31. The number of carbonyl (C=O) groups is 1. The minimum atomic E-state index is -0.420. The number of nitrogens with zero attached hydrogens (tertiary/aromatic N) is 3. The minimum absolute atomic E-state index is 0.114. The second kappa shape index (κ2) is 8.24. The lowest BCUT2D eigenvalue weighted by molar-refractivity contribution is -0.123. The summed E-state index contributed by atoms with van der Waals surface area (Å²) < 4.78 is 24.3. The Bertz CT molecular complexity index is 1180. The Morgan fingerprint density at radius 2 is 2.03 bits per heavy atom. The van der Waals surface area contributed by atoms with Gasteiger partial charge in [-0.2, -0.15) is 4.98 Å². The molecule has 0 bridgehead atoms. The molecule has 0 fully saturated rings. The van der Waals surface area contributed by atoms with Crippen LogP contribution in [0.25, 0.3) is 22.4 Å². The van der Waals surface area contributed by atoms with E-state index in [2.05, 4.69) is 20.4 Å². The van der Waals surface area contributed by atoms with E-state index in [0.29, 0.717) is 21.7 Å². The number of carbonyl (C=O) groups excluding carboxylic acids is 1. The molecule has 9 heteroatoms. The number of nitrogens with one attached hydrogen (secondary N) is 1. The van der Waals surface area contributed by atoms with Crippen molar-refractivity contribution in [1.82, 2.24) is 20.4 Å². The highest BCUT2D eigenvalue weighted by Crippen LogP contribution is 2.32. The van der Waals surface area contributed by atoms with E-state index in [4.69, 9.17) is 20.9 Å².